The molecular weight excluding hydrogens is 202 g/mol. The van der Waals surface area contributed by atoms with Gasteiger partial charge in [-0.2, -0.15) is 0 Å². The predicted octanol–water partition coefficient (Wildman–Crippen LogP) is 2.23. The van der Waals surface area contributed by atoms with E-state index >= 15 is 0 Å². The van der Waals surface area contributed by atoms with Gasteiger partial charge in [0.05, 0.1) is 0 Å². The van der Waals surface area contributed by atoms with Gasteiger partial charge in [0.1, 0.15) is 5.75 Å². The second-order valence-corrected chi connectivity index (χ2v) is 4.00. The van der Waals surface area contributed by atoms with E-state index < -0.39 is 0 Å². The summed E-state index contributed by atoms with van der Waals surface area (Å²) in [6.45, 7) is 3.95. The van der Waals surface area contributed by atoms with E-state index in [1.54, 1.807) is 6.07 Å². The normalized spacial score (nSPS) is 10.9. The number of rotatable bonds is 1. The van der Waals surface area contributed by atoms with Gasteiger partial charge in [0.25, 0.3) is 0 Å². The highest BCUT2D eigenvalue weighted by atomic mass is 28.1. The van der Waals surface area contributed by atoms with Gasteiger partial charge in [0, 0.05) is 32.4 Å². The Morgan fingerprint density at radius 3 is 2.73 bits per heavy atom. The minimum absolute atomic E-state index is 0.330. The number of nitrogens with zero attached hydrogens (tertiary/aromatic N) is 1. The highest BCUT2D eigenvalue weighted by Gasteiger charge is 2.09. The fraction of sp³-hybridized carbons (Fsp3) is 0.250. The summed E-state index contributed by atoms with van der Waals surface area (Å²) in [5.41, 5.74) is 2.99. The molecule has 2 aromatic rings. The van der Waals surface area contributed by atoms with Crippen LogP contribution in [0.2, 0.25) is 0 Å². The minimum atomic E-state index is 0.330. The van der Waals surface area contributed by atoms with Gasteiger partial charge in [-0.3, -0.25) is 4.98 Å². The van der Waals surface area contributed by atoms with Crippen LogP contribution >= 0.6 is 0 Å². The molecule has 1 heterocycles. The molecule has 3 heteroatoms. The van der Waals surface area contributed by atoms with Crippen molar-refractivity contribution in [1.82, 2.24) is 4.98 Å². The SMILES string of the molecule is Cc1nc(C[Si])c2cccc(O)c2c1C. The van der Waals surface area contributed by atoms with Crippen molar-refractivity contribution in [2.24, 2.45) is 0 Å². The molecule has 0 aliphatic rings. The largest absolute Gasteiger partial charge is 0.507 e. The molecule has 1 aromatic heterocycles. The van der Waals surface area contributed by atoms with E-state index in [1.807, 2.05) is 26.0 Å². The molecule has 0 bridgehead atoms. The summed E-state index contributed by atoms with van der Waals surface area (Å²) in [6.07, 6.45) is 0. The van der Waals surface area contributed by atoms with Crippen molar-refractivity contribution in [1.29, 1.82) is 0 Å². The third-order valence-corrected chi connectivity index (χ3v) is 3.08. The van der Waals surface area contributed by atoms with Crippen molar-refractivity contribution in [3.8, 4) is 5.75 Å². The van der Waals surface area contributed by atoms with Crippen molar-refractivity contribution in [3.05, 3.63) is 35.2 Å². The van der Waals surface area contributed by atoms with Crippen molar-refractivity contribution < 1.29 is 5.11 Å². The lowest BCUT2D eigenvalue weighted by molar-refractivity contribution is 0.481. The molecule has 15 heavy (non-hydrogen) atoms. The molecule has 0 aliphatic carbocycles. The summed E-state index contributed by atoms with van der Waals surface area (Å²) in [5.74, 6) is 0.330. The molecule has 75 valence electrons. The highest BCUT2D eigenvalue weighted by molar-refractivity contribution is 6.10. The fourth-order valence-electron chi connectivity index (χ4n) is 1.84. The van der Waals surface area contributed by atoms with E-state index in [-0.39, 0.29) is 0 Å². The molecule has 2 rings (SSSR count). The number of phenolic OH excluding ortho intramolecular Hbond substituents is 1. The number of aryl methyl sites for hydroxylation is 2. The first-order valence-electron chi connectivity index (χ1n) is 4.87. The molecule has 0 aliphatic heterocycles. The zero-order chi connectivity index (χ0) is 11.0. The van der Waals surface area contributed by atoms with Crippen LogP contribution in [-0.2, 0) is 6.04 Å². The molecule has 0 amide bonds. The molecule has 2 nitrogen and oxygen atoms in total. The number of phenols is 1. The van der Waals surface area contributed by atoms with Crippen LogP contribution in [0.5, 0.6) is 5.75 Å². The van der Waals surface area contributed by atoms with Crippen LogP contribution in [0.25, 0.3) is 10.8 Å². The van der Waals surface area contributed by atoms with Gasteiger partial charge in [0.2, 0.25) is 0 Å². The van der Waals surface area contributed by atoms with E-state index in [1.165, 1.54) is 0 Å². The van der Waals surface area contributed by atoms with Crippen LogP contribution in [0.15, 0.2) is 18.2 Å². The lowest BCUT2D eigenvalue weighted by Gasteiger charge is -2.10. The maximum absolute atomic E-state index is 9.85. The van der Waals surface area contributed by atoms with Gasteiger partial charge in [-0.05, 0) is 31.5 Å². The molecular formula is C12H12NOSi. The maximum atomic E-state index is 9.85. The second kappa shape index (κ2) is 3.66. The zero-order valence-corrected chi connectivity index (χ0v) is 9.83. The lowest BCUT2D eigenvalue weighted by Crippen LogP contribution is -1.97. The Hall–Kier alpha value is -1.35. The zero-order valence-electron chi connectivity index (χ0n) is 8.83. The first-order valence-corrected chi connectivity index (χ1v) is 5.58. The van der Waals surface area contributed by atoms with Gasteiger partial charge >= 0.3 is 0 Å². The number of benzene rings is 1. The Balaban J connectivity index is 2.96. The minimum Gasteiger partial charge on any atom is -0.507 e. The molecule has 0 atom stereocenters. The van der Waals surface area contributed by atoms with E-state index in [0.29, 0.717) is 11.8 Å². The van der Waals surface area contributed by atoms with E-state index in [2.05, 4.69) is 15.2 Å². The Kier molecular flexibility index (Phi) is 2.48. The van der Waals surface area contributed by atoms with Crippen molar-refractivity contribution in [2.75, 3.05) is 0 Å². The standard InChI is InChI=1S/C12H12NOSi/c1-7-8(2)13-10(6-15)9-4-3-5-11(14)12(7)9/h3-5,14H,6H2,1-2H3. The monoisotopic (exact) mass is 214 g/mol. The number of hydrogen-bond donors (Lipinski definition) is 1. The van der Waals surface area contributed by atoms with Gasteiger partial charge in [0.15, 0.2) is 0 Å². The number of fused-ring (bicyclic) bond motifs is 1. The van der Waals surface area contributed by atoms with Crippen LogP contribution in [0, 0.1) is 13.8 Å². The number of aromatic nitrogens is 1. The van der Waals surface area contributed by atoms with E-state index in [0.717, 1.165) is 27.7 Å². The topological polar surface area (TPSA) is 33.1 Å². The molecule has 0 saturated heterocycles. The fourth-order valence-corrected chi connectivity index (χ4v) is 2.11. The lowest BCUT2D eigenvalue weighted by atomic mass is 10.0. The molecule has 0 spiro atoms. The summed E-state index contributed by atoms with van der Waals surface area (Å²) >= 11 is 0. The quantitative estimate of drug-likeness (QED) is 0.738. The second-order valence-electron chi connectivity index (χ2n) is 3.65. The first-order chi connectivity index (χ1) is 7.15. The van der Waals surface area contributed by atoms with Gasteiger partial charge in [-0.25, -0.2) is 0 Å². The van der Waals surface area contributed by atoms with E-state index in [4.69, 9.17) is 0 Å². The van der Waals surface area contributed by atoms with Crippen LogP contribution in [0.3, 0.4) is 0 Å². The Bertz CT molecular complexity index is 523. The predicted molar refractivity (Wildman–Crippen MR) is 62.3 cm³/mol. The molecule has 3 radical (unpaired) electrons. The smallest absolute Gasteiger partial charge is 0.123 e. The summed E-state index contributed by atoms with van der Waals surface area (Å²) in [4.78, 5) is 4.50. The summed E-state index contributed by atoms with van der Waals surface area (Å²) in [5, 5.41) is 11.8. The number of aromatic hydroxyl groups is 1. The Morgan fingerprint density at radius 1 is 1.33 bits per heavy atom. The van der Waals surface area contributed by atoms with Crippen LogP contribution in [-0.4, -0.2) is 20.3 Å². The van der Waals surface area contributed by atoms with Crippen molar-refractivity contribution in [2.45, 2.75) is 19.9 Å². The number of pyridine rings is 1. The highest BCUT2D eigenvalue weighted by Crippen LogP contribution is 2.30. The molecule has 1 aromatic carbocycles. The summed E-state index contributed by atoms with van der Waals surface area (Å²) in [7, 11) is 3.47. The number of hydrogen-bond acceptors (Lipinski definition) is 2. The average Bonchev–Trinajstić information content (AvgIpc) is 2.23. The van der Waals surface area contributed by atoms with E-state index in [9.17, 15) is 5.11 Å². The van der Waals surface area contributed by atoms with Crippen molar-refractivity contribution in [3.63, 3.8) is 0 Å². The van der Waals surface area contributed by atoms with Crippen molar-refractivity contribution >= 4 is 21.0 Å². The summed E-state index contributed by atoms with van der Waals surface area (Å²) < 4.78 is 0. The molecule has 1 N–H and O–H groups in total. The Labute approximate surface area is 92.4 Å². The third-order valence-electron chi connectivity index (χ3n) is 2.74. The average molecular weight is 214 g/mol. The van der Waals surface area contributed by atoms with Crippen LogP contribution < -0.4 is 0 Å². The van der Waals surface area contributed by atoms with Gasteiger partial charge in [-0.1, -0.05) is 12.1 Å². The molecule has 0 saturated carbocycles. The summed E-state index contributed by atoms with van der Waals surface area (Å²) in [6, 6.07) is 6.25. The molecule has 0 fully saturated rings. The Morgan fingerprint density at radius 2 is 2.07 bits per heavy atom. The van der Waals surface area contributed by atoms with Crippen LogP contribution in [0.4, 0.5) is 0 Å². The van der Waals surface area contributed by atoms with Crippen LogP contribution in [0.1, 0.15) is 17.0 Å². The van der Waals surface area contributed by atoms with Gasteiger partial charge < -0.3 is 5.11 Å². The molecule has 0 unspecified atom stereocenters. The maximum Gasteiger partial charge on any atom is 0.123 e. The first kappa shape index (κ1) is 10.2. The van der Waals surface area contributed by atoms with Gasteiger partial charge in [-0.15, -0.1) is 0 Å². The third kappa shape index (κ3) is 1.53.